The van der Waals surface area contributed by atoms with Crippen LogP contribution in [0.3, 0.4) is 0 Å². The van der Waals surface area contributed by atoms with Gasteiger partial charge in [-0.2, -0.15) is 0 Å². The summed E-state index contributed by atoms with van der Waals surface area (Å²) < 4.78 is 0. The highest BCUT2D eigenvalue weighted by molar-refractivity contribution is 5.47. The molecule has 1 aromatic rings. The summed E-state index contributed by atoms with van der Waals surface area (Å²) in [5.41, 5.74) is 2.67. The molecule has 0 saturated heterocycles. The number of fused-ring (bicyclic) bond motifs is 1. The van der Waals surface area contributed by atoms with Crippen molar-refractivity contribution < 1.29 is 0 Å². The summed E-state index contributed by atoms with van der Waals surface area (Å²) in [6, 6.07) is 0.541. The van der Waals surface area contributed by atoms with E-state index in [2.05, 4.69) is 22.2 Å². The number of aromatic nitrogens is 2. The molecular formula is C15H23N3. The summed E-state index contributed by atoms with van der Waals surface area (Å²) in [6.45, 7) is 2.28. The summed E-state index contributed by atoms with van der Waals surface area (Å²) in [4.78, 5) is 8.95. The Morgan fingerprint density at radius 1 is 1.22 bits per heavy atom. The van der Waals surface area contributed by atoms with Gasteiger partial charge in [-0.25, -0.2) is 9.97 Å². The Labute approximate surface area is 109 Å². The van der Waals surface area contributed by atoms with Crippen molar-refractivity contribution >= 4 is 5.82 Å². The van der Waals surface area contributed by atoms with Gasteiger partial charge in [0.25, 0.3) is 0 Å². The molecule has 0 bridgehead atoms. The molecule has 1 N–H and O–H groups in total. The van der Waals surface area contributed by atoms with Crippen LogP contribution in [0.1, 0.15) is 56.7 Å². The van der Waals surface area contributed by atoms with Crippen LogP contribution in [-0.2, 0) is 12.8 Å². The van der Waals surface area contributed by atoms with E-state index >= 15 is 0 Å². The SMILES string of the molecule is CC(CC1CC1)Nc1ncnc2c1CCCCC2. The Hall–Kier alpha value is -1.12. The summed E-state index contributed by atoms with van der Waals surface area (Å²) >= 11 is 0. The molecule has 1 heterocycles. The Morgan fingerprint density at radius 2 is 2.06 bits per heavy atom. The molecule has 1 aromatic heterocycles. The van der Waals surface area contributed by atoms with Crippen molar-refractivity contribution in [3.63, 3.8) is 0 Å². The van der Waals surface area contributed by atoms with Crippen molar-refractivity contribution in [2.75, 3.05) is 5.32 Å². The monoisotopic (exact) mass is 245 g/mol. The molecule has 2 aliphatic rings. The average Bonchev–Trinajstić information content (AvgIpc) is 3.15. The van der Waals surface area contributed by atoms with Crippen molar-refractivity contribution in [3.8, 4) is 0 Å². The minimum absolute atomic E-state index is 0.541. The van der Waals surface area contributed by atoms with Crippen molar-refractivity contribution in [3.05, 3.63) is 17.6 Å². The highest BCUT2D eigenvalue weighted by atomic mass is 15.0. The fourth-order valence-electron chi connectivity index (χ4n) is 2.97. The number of hydrogen-bond donors (Lipinski definition) is 1. The molecule has 3 nitrogen and oxygen atoms in total. The van der Waals surface area contributed by atoms with Crippen LogP contribution >= 0.6 is 0 Å². The number of rotatable bonds is 4. The second kappa shape index (κ2) is 5.25. The molecule has 2 aliphatic carbocycles. The number of hydrogen-bond acceptors (Lipinski definition) is 3. The van der Waals surface area contributed by atoms with Crippen LogP contribution in [0.15, 0.2) is 6.33 Å². The normalized spacial score (nSPS) is 20.9. The molecule has 3 rings (SSSR count). The van der Waals surface area contributed by atoms with E-state index in [4.69, 9.17) is 0 Å². The lowest BCUT2D eigenvalue weighted by atomic mass is 10.1. The molecule has 1 fully saturated rings. The quantitative estimate of drug-likeness (QED) is 0.827. The van der Waals surface area contributed by atoms with Gasteiger partial charge in [-0.1, -0.05) is 19.3 Å². The third kappa shape index (κ3) is 2.82. The fraction of sp³-hybridized carbons (Fsp3) is 0.733. The zero-order chi connectivity index (χ0) is 12.4. The van der Waals surface area contributed by atoms with E-state index in [1.165, 1.54) is 49.8 Å². The lowest BCUT2D eigenvalue weighted by molar-refractivity contribution is 0.638. The van der Waals surface area contributed by atoms with Crippen LogP contribution in [-0.4, -0.2) is 16.0 Å². The molecule has 98 valence electrons. The zero-order valence-corrected chi connectivity index (χ0v) is 11.3. The van der Waals surface area contributed by atoms with E-state index in [-0.39, 0.29) is 0 Å². The molecule has 18 heavy (non-hydrogen) atoms. The Morgan fingerprint density at radius 3 is 2.89 bits per heavy atom. The second-order valence-electron chi connectivity index (χ2n) is 5.93. The molecule has 0 aromatic carbocycles. The van der Waals surface area contributed by atoms with Crippen LogP contribution < -0.4 is 5.32 Å². The number of aryl methyl sites for hydroxylation is 1. The van der Waals surface area contributed by atoms with Crippen LogP contribution in [0.4, 0.5) is 5.82 Å². The van der Waals surface area contributed by atoms with Gasteiger partial charge in [0.05, 0.1) is 0 Å². The topological polar surface area (TPSA) is 37.8 Å². The molecule has 0 amide bonds. The third-order valence-electron chi connectivity index (χ3n) is 4.14. The molecule has 0 aliphatic heterocycles. The Kier molecular flexibility index (Phi) is 3.48. The second-order valence-corrected chi connectivity index (χ2v) is 5.93. The molecule has 1 saturated carbocycles. The molecular weight excluding hydrogens is 222 g/mol. The average molecular weight is 245 g/mol. The first kappa shape index (κ1) is 11.9. The first-order valence-corrected chi connectivity index (χ1v) is 7.42. The molecule has 1 unspecified atom stereocenters. The van der Waals surface area contributed by atoms with Gasteiger partial charge < -0.3 is 5.32 Å². The lowest BCUT2D eigenvalue weighted by Gasteiger charge is -2.17. The Balaban J connectivity index is 1.73. The maximum absolute atomic E-state index is 4.48. The van der Waals surface area contributed by atoms with Gasteiger partial charge in [-0.3, -0.25) is 0 Å². The maximum atomic E-state index is 4.48. The van der Waals surface area contributed by atoms with Gasteiger partial charge in [0.15, 0.2) is 0 Å². The number of anilines is 1. The summed E-state index contributed by atoms with van der Waals surface area (Å²) in [5.74, 6) is 2.07. The van der Waals surface area contributed by atoms with E-state index in [9.17, 15) is 0 Å². The maximum Gasteiger partial charge on any atom is 0.133 e. The highest BCUT2D eigenvalue weighted by Gasteiger charge is 2.24. The van der Waals surface area contributed by atoms with Crippen molar-refractivity contribution in [2.45, 2.75) is 64.3 Å². The summed E-state index contributed by atoms with van der Waals surface area (Å²) in [6.07, 6.45) is 12.0. The van der Waals surface area contributed by atoms with Crippen molar-refractivity contribution in [1.82, 2.24) is 9.97 Å². The largest absolute Gasteiger partial charge is 0.367 e. The number of nitrogens with zero attached hydrogens (tertiary/aromatic N) is 2. The standard InChI is InChI=1S/C15H23N3/c1-11(9-12-7-8-12)18-15-13-5-3-2-4-6-14(13)16-10-17-15/h10-12H,2-9H2,1H3,(H,16,17,18). The molecule has 0 radical (unpaired) electrons. The van der Waals surface area contributed by atoms with E-state index in [0.29, 0.717) is 6.04 Å². The van der Waals surface area contributed by atoms with Gasteiger partial charge >= 0.3 is 0 Å². The zero-order valence-electron chi connectivity index (χ0n) is 11.3. The fourth-order valence-corrected chi connectivity index (χ4v) is 2.97. The van der Waals surface area contributed by atoms with E-state index in [1.54, 1.807) is 6.33 Å². The summed E-state index contributed by atoms with van der Waals surface area (Å²) in [7, 11) is 0. The first-order valence-electron chi connectivity index (χ1n) is 7.42. The Bertz CT molecular complexity index is 412. The molecule has 1 atom stereocenters. The van der Waals surface area contributed by atoms with E-state index in [1.807, 2.05) is 0 Å². The summed E-state index contributed by atoms with van der Waals surface area (Å²) in [5, 5.41) is 3.62. The van der Waals surface area contributed by atoms with Gasteiger partial charge in [0.2, 0.25) is 0 Å². The van der Waals surface area contributed by atoms with Crippen LogP contribution in [0, 0.1) is 5.92 Å². The first-order chi connectivity index (χ1) is 8.83. The van der Waals surface area contributed by atoms with Gasteiger partial charge in [0.1, 0.15) is 12.1 Å². The number of nitrogens with one attached hydrogen (secondary N) is 1. The minimum Gasteiger partial charge on any atom is -0.367 e. The highest BCUT2D eigenvalue weighted by Crippen LogP contribution is 2.34. The lowest BCUT2D eigenvalue weighted by Crippen LogP contribution is -2.18. The molecule has 3 heteroatoms. The van der Waals surface area contributed by atoms with E-state index < -0.39 is 0 Å². The predicted molar refractivity (Wildman–Crippen MR) is 73.7 cm³/mol. The van der Waals surface area contributed by atoms with Crippen LogP contribution in [0.25, 0.3) is 0 Å². The minimum atomic E-state index is 0.541. The van der Waals surface area contributed by atoms with Gasteiger partial charge in [0, 0.05) is 17.3 Å². The third-order valence-corrected chi connectivity index (χ3v) is 4.14. The van der Waals surface area contributed by atoms with Crippen molar-refractivity contribution in [1.29, 1.82) is 0 Å². The van der Waals surface area contributed by atoms with E-state index in [0.717, 1.165) is 24.6 Å². The van der Waals surface area contributed by atoms with Gasteiger partial charge in [-0.15, -0.1) is 0 Å². The van der Waals surface area contributed by atoms with Crippen LogP contribution in [0.2, 0.25) is 0 Å². The van der Waals surface area contributed by atoms with Crippen molar-refractivity contribution in [2.24, 2.45) is 5.92 Å². The molecule has 0 spiro atoms. The smallest absolute Gasteiger partial charge is 0.133 e. The predicted octanol–water partition coefficient (Wildman–Crippen LogP) is 3.35. The van der Waals surface area contributed by atoms with Crippen LogP contribution in [0.5, 0.6) is 0 Å². The van der Waals surface area contributed by atoms with Gasteiger partial charge in [-0.05, 0) is 44.9 Å².